The maximum absolute atomic E-state index is 5.98. The molecule has 0 saturated carbocycles. The van der Waals surface area contributed by atoms with Crippen LogP contribution in [0.4, 0.5) is 0 Å². The maximum Gasteiger partial charge on any atom is 0.0630 e. The van der Waals surface area contributed by atoms with E-state index in [1.165, 1.54) is 25.0 Å². The molecular formula is C13H25N3. The Balaban J connectivity index is 2.69. The molecule has 0 radical (unpaired) electrons. The van der Waals surface area contributed by atoms with Crippen LogP contribution in [0.15, 0.2) is 12.3 Å². The molecule has 0 aliphatic rings. The van der Waals surface area contributed by atoms with Gasteiger partial charge in [0.25, 0.3) is 0 Å². The van der Waals surface area contributed by atoms with Crippen molar-refractivity contribution >= 4 is 0 Å². The van der Waals surface area contributed by atoms with Gasteiger partial charge in [-0.2, -0.15) is 5.10 Å². The molecule has 0 amide bonds. The van der Waals surface area contributed by atoms with Gasteiger partial charge >= 0.3 is 0 Å². The lowest BCUT2D eigenvalue weighted by molar-refractivity contribution is 0.248. The highest BCUT2D eigenvalue weighted by Crippen LogP contribution is 2.31. The summed E-state index contributed by atoms with van der Waals surface area (Å²) in [6.07, 6.45) is 7.88. The Morgan fingerprint density at radius 1 is 1.44 bits per heavy atom. The van der Waals surface area contributed by atoms with E-state index in [2.05, 4.69) is 25.0 Å². The van der Waals surface area contributed by atoms with E-state index in [9.17, 15) is 0 Å². The molecular weight excluding hydrogens is 198 g/mol. The fraction of sp³-hybridized carbons (Fsp3) is 0.769. The van der Waals surface area contributed by atoms with Crippen LogP contribution in [0, 0.1) is 5.41 Å². The highest BCUT2D eigenvalue weighted by atomic mass is 15.2. The minimum atomic E-state index is 0.254. The predicted molar refractivity (Wildman–Crippen MR) is 68.2 cm³/mol. The number of aromatic nitrogens is 2. The van der Waals surface area contributed by atoms with Crippen molar-refractivity contribution in [2.24, 2.45) is 18.2 Å². The second kappa shape index (κ2) is 6.04. The fourth-order valence-electron chi connectivity index (χ4n) is 2.20. The summed E-state index contributed by atoms with van der Waals surface area (Å²) < 4.78 is 1.87. The number of hydrogen-bond acceptors (Lipinski definition) is 2. The van der Waals surface area contributed by atoms with E-state index in [1.54, 1.807) is 0 Å². The zero-order chi connectivity index (χ0) is 12.0. The minimum Gasteiger partial charge on any atom is -0.330 e. The summed E-state index contributed by atoms with van der Waals surface area (Å²) in [6, 6.07) is 2.10. The molecule has 0 saturated heterocycles. The van der Waals surface area contributed by atoms with Crippen LogP contribution in [-0.2, 0) is 13.5 Å². The van der Waals surface area contributed by atoms with Crippen LogP contribution in [0.25, 0.3) is 0 Å². The summed E-state index contributed by atoms with van der Waals surface area (Å²) in [5.74, 6) is 0. The summed E-state index contributed by atoms with van der Waals surface area (Å²) in [7, 11) is 1.96. The van der Waals surface area contributed by atoms with Crippen LogP contribution in [-0.4, -0.2) is 16.3 Å². The van der Waals surface area contributed by atoms with E-state index < -0.39 is 0 Å². The highest BCUT2D eigenvalue weighted by molar-refractivity contribution is 5.03. The standard InChI is InChI=1S/C13H25N3/c1-4-6-8-13(5-2,11-14)10-12-7-9-16(3)15-12/h7,9H,4-6,8,10-11,14H2,1-3H3. The Labute approximate surface area is 99.0 Å². The van der Waals surface area contributed by atoms with Gasteiger partial charge < -0.3 is 5.73 Å². The smallest absolute Gasteiger partial charge is 0.0630 e. The van der Waals surface area contributed by atoms with Gasteiger partial charge in [-0.15, -0.1) is 0 Å². The lowest BCUT2D eigenvalue weighted by Gasteiger charge is -2.30. The Morgan fingerprint density at radius 3 is 2.62 bits per heavy atom. The van der Waals surface area contributed by atoms with Gasteiger partial charge in [-0.1, -0.05) is 26.7 Å². The van der Waals surface area contributed by atoms with Gasteiger partial charge in [-0.25, -0.2) is 0 Å². The number of rotatable bonds is 7. The largest absolute Gasteiger partial charge is 0.330 e. The molecule has 1 aromatic heterocycles. The van der Waals surface area contributed by atoms with E-state index >= 15 is 0 Å². The summed E-state index contributed by atoms with van der Waals surface area (Å²) in [4.78, 5) is 0. The first-order valence-electron chi connectivity index (χ1n) is 6.34. The lowest BCUT2D eigenvalue weighted by Crippen LogP contribution is -2.32. The van der Waals surface area contributed by atoms with Gasteiger partial charge in [0.05, 0.1) is 5.69 Å². The molecule has 0 aromatic carbocycles. The average molecular weight is 223 g/mol. The molecule has 2 N–H and O–H groups in total. The van der Waals surface area contributed by atoms with Gasteiger partial charge in [0.15, 0.2) is 0 Å². The Bertz CT molecular complexity index is 300. The number of unbranched alkanes of at least 4 members (excludes halogenated alkanes) is 1. The van der Waals surface area contributed by atoms with Crippen molar-refractivity contribution in [3.63, 3.8) is 0 Å². The summed E-state index contributed by atoms with van der Waals surface area (Å²) >= 11 is 0. The number of nitrogens with zero attached hydrogens (tertiary/aromatic N) is 2. The van der Waals surface area contributed by atoms with Crippen molar-refractivity contribution in [1.29, 1.82) is 0 Å². The third kappa shape index (κ3) is 3.34. The average Bonchev–Trinajstić information content (AvgIpc) is 2.70. The van der Waals surface area contributed by atoms with E-state index in [0.717, 1.165) is 19.4 Å². The molecule has 0 bridgehead atoms. The molecule has 3 heteroatoms. The minimum absolute atomic E-state index is 0.254. The second-order valence-corrected chi connectivity index (χ2v) is 4.82. The van der Waals surface area contributed by atoms with Gasteiger partial charge in [0.1, 0.15) is 0 Å². The molecule has 1 rings (SSSR count). The number of aryl methyl sites for hydroxylation is 1. The van der Waals surface area contributed by atoms with Crippen molar-refractivity contribution in [2.45, 2.75) is 46.0 Å². The number of hydrogen-bond donors (Lipinski definition) is 1. The maximum atomic E-state index is 5.98. The fourth-order valence-corrected chi connectivity index (χ4v) is 2.20. The van der Waals surface area contributed by atoms with Gasteiger partial charge in [0, 0.05) is 13.2 Å². The van der Waals surface area contributed by atoms with Crippen LogP contribution < -0.4 is 5.73 Å². The molecule has 1 aromatic rings. The first-order valence-corrected chi connectivity index (χ1v) is 6.34. The van der Waals surface area contributed by atoms with Gasteiger partial charge in [-0.05, 0) is 37.3 Å². The molecule has 1 heterocycles. The topological polar surface area (TPSA) is 43.8 Å². The quantitative estimate of drug-likeness (QED) is 0.772. The summed E-state index contributed by atoms with van der Waals surface area (Å²) in [5, 5.41) is 4.46. The summed E-state index contributed by atoms with van der Waals surface area (Å²) in [6.45, 7) is 5.24. The van der Waals surface area contributed by atoms with Crippen molar-refractivity contribution in [3.05, 3.63) is 18.0 Å². The molecule has 3 nitrogen and oxygen atoms in total. The van der Waals surface area contributed by atoms with Crippen LogP contribution in [0.3, 0.4) is 0 Å². The molecule has 1 atom stereocenters. The van der Waals surface area contributed by atoms with E-state index in [0.29, 0.717) is 0 Å². The Kier molecular flexibility index (Phi) is 5.00. The zero-order valence-corrected chi connectivity index (χ0v) is 10.9. The van der Waals surface area contributed by atoms with Crippen LogP contribution in [0.2, 0.25) is 0 Å². The van der Waals surface area contributed by atoms with E-state index in [4.69, 9.17) is 5.73 Å². The van der Waals surface area contributed by atoms with Crippen molar-refractivity contribution in [3.8, 4) is 0 Å². The van der Waals surface area contributed by atoms with Crippen molar-refractivity contribution < 1.29 is 0 Å². The SMILES string of the molecule is CCCCC(CC)(CN)Cc1ccn(C)n1. The van der Waals surface area contributed by atoms with Crippen LogP contribution in [0.1, 0.15) is 45.2 Å². The lowest BCUT2D eigenvalue weighted by atomic mass is 9.76. The first kappa shape index (κ1) is 13.2. The highest BCUT2D eigenvalue weighted by Gasteiger charge is 2.27. The first-order chi connectivity index (χ1) is 7.65. The zero-order valence-electron chi connectivity index (χ0n) is 10.9. The molecule has 1 unspecified atom stereocenters. The monoisotopic (exact) mass is 223 g/mol. The van der Waals surface area contributed by atoms with Crippen molar-refractivity contribution in [2.75, 3.05) is 6.54 Å². The molecule has 92 valence electrons. The Hall–Kier alpha value is -0.830. The van der Waals surface area contributed by atoms with Crippen molar-refractivity contribution in [1.82, 2.24) is 9.78 Å². The van der Waals surface area contributed by atoms with Gasteiger partial charge in [-0.3, -0.25) is 4.68 Å². The van der Waals surface area contributed by atoms with Gasteiger partial charge in [0.2, 0.25) is 0 Å². The van der Waals surface area contributed by atoms with Crippen LogP contribution >= 0.6 is 0 Å². The molecule has 0 aliphatic heterocycles. The van der Waals surface area contributed by atoms with E-state index in [1.807, 2.05) is 17.9 Å². The normalized spacial score (nSPS) is 15.0. The van der Waals surface area contributed by atoms with Crippen LogP contribution in [0.5, 0.6) is 0 Å². The summed E-state index contributed by atoms with van der Waals surface area (Å²) in [5.41, 5.74) is 7.41. The molecule has 16 heavy (non-hydrogen) atoms. The Morgan fingerprint density at radius 2 is 2.19 bits per heavy atom. The number of nitrogens with two attached hydrogens (primary N) is 1. The third-order valence-electron chi connectivity index (χ3n) is 3.57. The second-order valence-electron chi connectivity index (χ2n) is 4.82. The molecule has 0 spiro atoms. The third-order valence-corrected chi connectivity index (χ3v) is 3.57. The molecule has 0 fully saturated rings. The van der Waals surface area contributed by atoms with E-state index in [-0.39, 0.29) is 5.41 Å². The molecule has 0 aliphatic carbocycles. The predicted octanol–water partition coefficient (Wildman–Crippen LogP) is 2.51.